The van der Waals surface area contributed by atoms with E-state index >= 15 is 0 Å². The van der Waals surface area contributed by atoms with Crippen molar-refractivity contribution in [3.05, 3.63) is 42.5 Å². The molecular weight excluding hydrogens is 240 g/mol. The fourth-order valence-corrected chi connectivity index (χ4v) is 1.64. The lowest BCUT2D eigenvalue weighted by Crippen LogP contribution is -2.21. The third kappa shape index (κ3) is 3.64. The number of hydrogen-bond acceptors (Lipinski definition) is 6. The molecule has 19 heavy (non-hydrogen) atoms. The van der Waals surface area contributed by atoms with Gasteiger partial charge in [-0.05, 0) is 18.1 Å². The Hall–Kier alpha value is -2.68. The highest BCUT2D eigenvalue weighted by Gasteiger charge is 2.04. The van der Waals surface area contributed by atoms with Crippen LogP contribution in [0.3, 0.4) is 0 Å². The van der Waals surface area contributed by atoms with E-state index in [2.05, 4.69) is 20.3 Å². The van der Waals surface area contributed by atoms with Gasteiger partial charge in [0.2, 0.25) is 0 Å². The molecule has 2 heterocycles. The van der Waals surface area contributed by atoms with Crippen molar-refractivity contribution < 1.29 is 0 Å². The summed E-state index contributed by atoms with van der Waals surface area (Å²) >= 11 is 0. The standard InChI is InChI=1S/C13H14N6/c1-19(6-4-11-3-2-5-15-8-11)13-7-12(16-9-14)17-10-18-13/h2-3,5,7-8,10H,4,6H2,1H3,(H,16,17,18). The van der Waals surface area contributed by atoms with Crippen LogP contribution in [-0.4, -0.2) is 28.5 Å². The Bertz CT molecular complexity index is 563. The third-order valence-corrected chi connectivity index (χ3v) is 2.69. The van der Waals surface area contributed by atoms with Crippen molar-refractivity contribution in [2.24, 2.45) is 0 Å². The minimum atomic E-state index is 0.501. The van der Waals surface area contributed by atoms with Crippen LogP contribution in [0.4, 0.5) is 11.6 Å². The quantitative estimate of drug-likeness (QED) is 0.642. The largest absolute Gasteiger partial charge is 0.359 e. The SMILES string of the molecule is CN(CCc1cccnc1)c1cc(NC#N)ncn1. The maximum Gasteiger partial charge on any atom is 0.182 e. The molecule has 2 aromatic rings. The lowest BCUT2D eigenvalue weighted by Gasteiger charge is -2.18. The van der Waals surface area contributed by atoms with E-state index < -0.39 is 0 Å². The molecule has 0 unspecified atom stereocenters. The smallest absolute Gasteiger partial charge is 0.182 e. The van der Waals surface area contributed by atoms with Crippen molar-refractivity contribution in [2.45, 2.75) is 6.42 Å². The first-order valence-corrected chi connectivity index (χ1v) is 5.87. The molecule has 2 rings (SSSR count). The van der Waals surface area contributed by atoms with Gasteiger partial charge < -0.3 is 4.90 Å². The molecule has 0 saturated carbocycles. The predicted molar refractivity (Wildman–Crippen MR) is 72.5 cm³/mol. The Labute approximate surface area is 111 Å². The van der Waals surface area contributed by atoms with Crippen molar-refractivity contribution >= 4 is 11.6 Å². The van der Waals surface area contributed by atoms with Gasteiger partial charge in [0, 0.05) is 32.1 Å². The Morgan fingerprint density at radius 1 is 1.42 bits per heavy atom. The number of aromatic nitrogens is 3. The first kappa shape index (κ1) is 12.8. The van der Waals surface area contributed by atoms with Gasteiger partial charge in [-0.3, -0.25) is 10.3 Å². The van der Waals surface area contributed by atoms with E-state index in [-0.39, 0.29) is 0 Å². The number of likely N-dealkylation sites (N-methyl/N-ethyl adjacent to an activating group) is 1. The Morgan fingerprint density at radius 3 is 3.05 bits per heavy atom. The van der Waals surface area contributed by atoms with E-state index in [0.717, 1.165) is 18.8 Å². The lowest BCUT2D eigenvalue weighted by atomic mass is 10.2. The summed E-state index contributed by atoms with van der Waals surface area (Å²) in [6.07, 6.45) is 7.78. The molecule has 0 amide bonds. The fraction of sp³-hybridized carbons (Fsp3) is 0.231. The molecule has 6 heteroatoms. The molecule has 0 atom stereocenters. The van der Waals surface area contributed by atoms with Crippen molar-refractivity contribution in [2.75, 3.05) is 23.8 Å². The van der Waals surface area contributed by atoms with Gasteiger partial charge in [0.05, 0.1) is 0 Å². The summed E-state index contributed by atoms with van der Waals surface area (Å²) < 4.78 is 0. The van der Waals surface area contributed by atoms with Crippen LogP contribution >= 0.6 is 0 Å². The number of anilines is 2. The zero-order chi connectivity index (χ0) is 13.5. The number of hydrogen-bond donors (Lipinski definition) is 1. The van der Waals surface area contributed by atoms with Gasteiger partial charge >= 0.3 is 0 Å². The summed E-state index contributed by atoms with van der Waals surface area (Å²) in [5, 5.41) is 11.1. The van der Waals surface area contributed by atoms with Crippen LogP contribution in [0, 0.1) is 11.5 Å². The van der Waals surface area contributed by atoms with Crippen LogP contribution in [0.15, 0.2) is 36.9 Å². The molecule has 96 valence electrons. The van der Waals surface area contributed by atoms with E-state index in [1.165, 1.54) is 11.9 Å². The molecule has 0 fully saturated rings. The molecule has 0 bridgehead atoms. The van der Waals surface area contributed by atoms with E-state index in [4.69, 9.17) is 5.26 Å². The molecule has 2 aromatic heterocycles. The molecule has 0 radical (unpaired) electrons. The van der Waals surface area contributed by atoms with Crippen molar-refractivity contribution in [1.82, 2.24) is 15.0 Å². The second kappa shape index (κ2) is 6.31. The van der Waals surface area contributed by atoms with E-state index in [0.29, 0.717) is 5.82 Å². The summed E-state index contributed by atoms with van der Waals surface area (Å²) in [6, 6.07) is 5.71. The first-order valence-electron chi connectivity index (χ1n) is 5.87. The number of nitrogens with one attached hydrogen (secondary N) is 1. The average molecular weight is 254 g/mol. The molecule has 6 nitrogen and oxygen atoms in total. The number of pyridine rings is 1. The Balaban J connectivity index is 1.98. The van der Waals surface area contributed by atoms with E-state index in [1.54, 1.807) is 12.3 Å². The molecular formula is C13H14N6. The van der Waals surface area contributed by atoms with Crippen LogP contribution in [-0.2, 0) is 6.42 Å². The normalized spacial score (nSPS) is 9.68. The van der Waals surface area contributed by atoms with E-state index in [1.807, 2.05) is 36.5 Å². The number of nitrogens with zero attached hydrogens (tertiary/aromatic N) is 5. The average Bonchev–Trinajstić information content (AvgIpc) is 2.46. The van der Waals surface area contributed by atoms with Crippen LogP contribution < -0.4 is 10.2 Å². The topological polar surface area (TPSA) is 77.7 Å². The number of rotatable bonds is 5. The van der Waals surface area contributed by atoms with Crippen molar-refractivity contribution in [1.29, 1.82) is 5.26 Å². The predicted octanol–water partition coefficient (Wildman–Crippen LogP) is 1.44. The maximum absolute atomic E-state index is 8.56. The molecule has 0 saturated heterocycles. The van der Waals surface area contributed by atoms with Crippen molar-refractivity contribution in [3.63, 3.8) is 0 Å². The fourth-order valence-electron chi connectivity index (χ4n) is 1.64. The lowest BCUT2D eigenvalue weighted by molar-refractivity contribution is 0.853. The van der Waals surface area contributed by atoms with Crippen LogP contribution in [0.1, 0.15) is 5.56 Å². The third-order valence-electron chi connectivity index (χ3n) is 2.69. The van der Waals surface area contributed by atoms with Gasteiger partial charge in [-0.15, -0.1) is 0 Å². The summed E-state index contributed by atoms with van der Waals surface area (Å²) in [4.78, 5) is 14.2. The Morgan fingerprint density at radius 2 is 2.32 bits per heavy atom. The maximum atomic E-state index is 8.56. The van der Waals surface area contributed by atoms with Gasteiger partial charge in [-0.1, -0.05) is 6.07 Å². The minimum Gasteiger partial charge on any atom is -0.359 e. The van der Waals surface area contributed by atoms with Crippen molar-refractivity contribution in [3.8, 4) is 6.19 Å². The van der Waals surface area contributed by atoms with Crippen LogP contribution in [0.2, 0.25) is 0 Å². The highest BCUT2D eigenvalue weighted by atomic mass is 15.2. The first-order chi connectivity index (χ1) is 9.29. The highest BCUT2D eigenvalue weighted by molar-refractivity contribution is 5.49. The summed E-state index contributed by atoms with van der Waals surface area (Å²) in [7, 11) is 1.95. The summed E-state index contributed by atoms with van der Waals surface area (Å²) in [5.41, 5.74) is 1.18. The zero-order valence-electron chi connectivity index (χ0n) is 10.6. The second-order valence-corrected chi connectivity index (χ2v) is 4.03. The molecule has 0 aliphatic carbocycles. The number of nitriles is 1. The Kier molecular flexibility index (Phi) is 4.24. The van der Waals surface area contributed by atoms with Gasteiger partial charge in [0.1, 0.15) is 18.0 Å². The second-order valence-electron chi connectivity index (χ2n) is 4.03. The van der Waals surface area contributed by atoms with Gasteiger partial charge in [-0.2, -0.15) is 5.26 Å². The molecule has 0 spiro atoms. The van der Waals surface area contributed by atoms with Gasteiger partial charge in [0.15, 0.2) is 6.19 Å². The summed E-state index contributed by atoms with van der Waals surface area (Å²) in [6.45, 7) is 0.814. The monoisotopic (exact) mass is 254 g/mol. The zero-order valence-corrected chi connectivity index (χ0v) is 10.6. The highest BCUT2D eigenvalue weighted by Crippen LogP contribution is 2.12. The van der Waals surface area contributed by atoms with Gasteiger partial charge in [0.25, 0.3) is 0 Å². The summed E-state index contributed by atoms with van der Waals surface area (Å²) in [5.74, 6) is 1.28. The van der Waals surface area contributed by atoms with Crippen LogP contribution in [0.5, 0.6) is 0 Å². The molecule has 1 N–H and O–H groups in total. The van der Waals surface area contributed by atoms with E-state index in [9.17, 15) is 0 Å². The molecule has 0 aliphatic heterocycles. The molecule has 0 aliphatic rings. The van der Waals surface area contributed by atoms with Crippen LogP contribution in [0.25, 0.3) is 0 Å². The molecule has 0 aromatic carbocycles. The minimum absolute atomic E-state index is 0.501. The van der Waals surface area contributed by atoms with Gasteiger partial charge in [-0.25, -0.2) is 9.97 Å².